The van der Waals surface area contributed by atoms with Gasteiger partial charge in [-0.3, -0.25) is 4.90 Å². The van der Waals surface area contributed by atoms with Crippen molar-refractivity contribution in [2.24, 2.45) is 0 Å². The summed E-state index contributed by atoms with van der Waals surface area (Å²) in [6.07, 6.45) is -0.182. The van der Waals surface area contributed by atoms with Gasteiger partial charge >= 0.3 is 12.1 Å². The minimum atomic E-state index is -0.732. The largest absolute Gasteiger partial charge is 0.467 e. The van der Waals surface area contributed by atoms with Crippen LogP contribution in [0.5, 0.6) is 0 Å². The number of pyridine rings is 1. The molecule has 1 aromatic heterocycles. The first kappa shape index (κ1) is 21.4. The van der Waals surface area contributed by atoms with Crippen LogP contribution in [-0.4, -0.2) is 60.9 Å². The maximum absolute atomic E-state index is 12.7. The van der Waals surface area contributed by atoms with Gasteiger partial charge in [-0.05, 0) is 23.3 Å². The van der Waals surface area contributed by atoms with Crippen molar-refractivity contribution in [3.8, 4) is 0 Å². The van der Waals surface area contributed by atoms with Crippen LogP contribution in [0.4, 0.5) is 10.6 Å². The molecule has 0 aliphatic carbocycles. The number of carbonyl (C=O) groups excluding carboxylic acids is 2. The molecule has 0 unspecified atom stereocenters. The number of nitrogens with one attached hydrogen (secondary N) is 1. The van der Waals surface area contributed by atoms with E-state index in [9.17, 15) is 9.59 Å². The first-order valence-corrected chi connectivity index (χ1v) is 10.5. The van der Waals surface area contributed by atoms with Crippen molar-refractivity contribution in [1.82, 2.24) is 9.88 Å². The predicted molar refractivity (Wildman–Crippen MR) is 114 cm³/mol. The van der Waals surface area contributed by atoms with Crippen LogP contribution in [-0.2, 0) is 25.6 Å². The number of likely N-dealkylation sites (tertiary alicyclic amines) is 1. The maximum Gasteiger partial charge on any atom is 0.410 e. The van der Waals surface area contributed by atoms with Crippen LogP contribution in [0.2, 0.25) is 5.15 Å². The minimum Gasteiger partial charge on any atom is -0.467 e. The lowest BCUT2D eigenvalue weighted by Crippen LogP contribution is -2.41. The lowest BCUT2D eigenvalue weighted by Gasteiger charge is -2.27. The monoisotopic (exact) mass is 445 g/mol. The molecule has 164 valence electrons. The number of aromatic nitrogens is 1. The summed E-state index contributed by atoms with van der Waals surface area (Å²) >= 11 is 6.19. The summed E-state index contributed by atoms with van der Waals surface area (Å²) in [6.45, 7) is 1.73. The molecule has 2 atom stereocenters. The van der Waals surface area contributed by atoms with E-state index >= 15 is 0 Å². The van der Waals surface area contributed by atoms with Gasteiger partial charge in [0.15, 0.2) is 0 Å². The number of esters is 1. The Labute approximate surface area is 185 Å². The number of methoxy groups -OCH3 is 1. The van der Waals surface area contributed by atoms with Crippen LogP contribution < -0.4 is 5.32 Å². The molecule has 0 radical (unpaired) electrons. The Morgan fingerprint density at radius 1 is 1.26 bits per heavy atom. The molecule has 9 heteroatoms. The summed E-state index contributed by atoms with van der Waals surface area (Å²) in [4.78, 5) is 30.7. The molecule has 3 heterocycles. The second kappa shape index (κ2) is 9.53. The maximum atomic E-state index is 12.7. The molecule has 1 N–H and O–H groups in total. The first-order chi connectivity index (χ1) is 15.0. The van der Waals surface area contributed by atoms with E-state index in [1.165, 1.54) is 12.0 Å². The van der Waals surface area contributed by atoms with Crippen LogP contribution in [0.15, 0.2) is 42.5 Å². The van der Waals surface area contributed by atoms with Crippen molar-refractivity contribution < 1.29 is 23.8 Å². The van der Waals surface area contributed by atoms with E-state index in [1.54, 1.807) is 0 Å². The van der Waals surface area contributed by atoms with Gasteiger partial charge in [0.25, 0.3) is 0 Å². The van der Waals surface area contributed by atoms with Crippen LogP contribution in [0.25, 0.3) is 0 Å². The second-order valence-electron chi connectivity index (χ2n) is 7.65. The molecule has 31 heavy (non-hydrogen) atoms. The fourth-order valence-corrected chi connectivity index (χ4v) is 3.98. The number of carbonyl (C=O) groups is 2. The number of hydrogen-bond acceptors (Lipinski definition) is 7. The molecule has 0 bridgehead atoms. The van der Waals surface area contributed by atoms with Crippen molar-refractivity contribution >= 4 is 29.5 Å². The third-order valence-electron chi connectivity index (χ3n) is 5.49. The van der Waals surface area contributed by atoms with Crippen molar-refractivity contribution in [2.45, 2.75) is 31.0 Å². The van der Waals surface area contributed by atoms with E-state index < -0.39 is 18.1 Å². The van der Waals surface area contributed by atoms with Gasteiger partial charge in [0.05, 0.1) is 20.3 Å². The summed E-state index contributed by atoms with van der Waals surface area (Å²) in [7, 11) is 1.31. The number of amides is 1. The smallest absolute Gasteiger partial charge is 0.410 e. The number of halogens is 1. The predicted octanol–water partition coefficient (Wildman–Crippen LogP) is 3.21. The van der Waals surface area contributed by atoms with Gasteiger partial charge in [-0.1, -0.05) is 41.9 Å². The molecule has 8 nitrogen and oxygen atoms in total. The minimum absolute atomic E-state index is 0.130. The van der Waals surface area contributed by atoms with Gasteiger partial charge in [-0.25, -0.2) is 14.6 Å². The number of anilines is 1. The molecule has 4 rings (SSSR count). The molecule has 2 aromatic rings. The van der Waals surface area contributed by atoms with E-state index in [0.717, 1.165) is 11.1 Å². The summed E-state index contributed by atoms with van der Waals surface area (Å²) < 4.78 is 15.6. The molecule has 2 aliphatic rings. The zero-order valence-corrected chi connectivity index (χ0v) is 17.9. The van der Waals surface area contributed by atoms with Gasteiger partial charge in [-0.2, -0.15) is 0 Å². The highest BCUT2D eigenvalue weighted by molar-refractivity contribution is 6.29. The molecular formula is C22H24ClN3O5. The summed E-state index contributed by atoms with van der Waals surface area (Å²) in [5, 5.41) is 3.68. The molecule has 0 saturated carbocycles. The Morgan fingerprint density at radius 2 is 2.03 bits per heavy atom. The summed E-state index contributed by atoms with van der Waals surface area (Å²) in [6, 6.07) is 12.2. The zero-order valence-electron chi connectivity index (χ0n) is 17.1. The Hall–Kier alpha value is -2.84. The number of rotatable bonds is 6. The first-order valence-electron chi connectivity index (χ1n) is 10.1. The van der Waals surface area contributed by atoms with Crippen molar-refractivity contribution in [2.75, 3.05) is 32.2 Å². The van der Waals surface area contributed by atoms with Crippen LogP contribution >= 0.6 is 11.6 Å². The van der Waals surface area contributed by atoms with Gasteiger partial charge in [0.1, 0.15) is 23.6 Å². The summed E-state index contributed by atoms with van der Waals surface area (Å²) in [5.74, 6) is 0.423. The molecule has 2 saturated heterocycles. The van der Waals surface area contributed by atoms with Gasteiger partial charge in [-0.15, -0.1) is 0 Å². The zero-order chi connectivity index (χ0) is 21.8. The van der Waals surface area contributed by atoms with E-state index in [4.69, 9.17) is 25.8 Å². The highest BCUT2D eigenvalue weighted by Crippen LogP contribution is 2.29. The number of nitrogens with zero attached hydrogens (tertiary/aromatic N) is 2. The van der Waals surface area contributed by atoms with E-state index in [1.807, 2.05) is 42.5 Å². The average Bonchev–Trinajstić information content (AvgIpc) is 3.14. The normalized spacial score (nSPS) is 20.8. The Bertz CT molecular complexity index is 938. The highest BCUT2D eigenvalue weighted by atomic mass is 35.5. The van der Waals surface area contributed by atoms with Crippen LogP contribution in [0, 0.1) is 0 Å². The number of benzene rings is 1. The molecule has 2 fully saturated rings. The lowest BCUT2D eigenvalue weighted by atomic mass is 9.99. The number of ether oxygens (including phenoxy) is 3. The van der Waals surface area contributed by atoms with E-state index in [-0.39, 0.29) is 19.2 Å². The van der Waals surface area contributed by atoms with Gasteiger partial charge in [0, 0.05) is 24.9 Å². The van der Waals surface area contributed by atoms with Crippen molar-refractivity contribution in [3.05, 3.63) is 58.7 Å². The molecule has 0 spiro atoms. The Morgan fingerprint density at radius 3 is 2.71 bits per heavy atom. The van der Waals surface area contributed by atoms with Crippen LogP contribution in [0.1, 0.15) is 23.5 Å². The molecule has 1 aromatic carbocycles. The average molecular weight is 446 g/mol. The van der Waals surface area contributed by atoms with Gasteiger partial charge in [0.2, 0.25) is 0 Å². The third-order valence-corrected chi connectivity index (χ3v) is 5.69. The SMILES string of the molecule is COC(=O)[C@@H]1C[C@H](Nc2cc(C3COC3)cc(Cl)n2)CN1C(=O)OCc1ccccc1. The van der Waals surface area contributed by atoms with Crippen molar-refractivity contribution in [3.63, 3.8) is 0 Å². The van der Waals surface area contributed by atoms with Crippen LogP contribution in [0.3, 0.4) is 0 Å². The lowest BCUT2D eigenvalue weighted by molar-refractivity contribution is -0.145. The van der Waals surface area contributed by atoms with E-state index in [0.29, 0.717) is 36.5 Å². The molecular weight excluding hydrogens is 422 g/mol. The molecule has 2 aliphatic heterocycles. The highest BCUT2D eigenvalue weighted by Gasteiger charge is 2.41. The molecule has 1 amide bonds. The van der Waals surface area contributed by atoms with Crippen molar-refractivity contribution in [1.29, 1.82) is 0 Å². The summed E-state index contributed by atoms with van der Waals surface area (Å²) in [5.41, 5.74) is 1.92. The Balaban J connectivity index is 1.43. The standard InChI is InChI=1S/C22H24ClN3O5/c1-29-21(27)18-9-17(10-26(18)22(28)31-11-14-5-3-2-4-6-14)24-20-8-15(7-19(23)25-20)16-12-30-13-16/h2-8,16-18H,9-13H2,1H3,(H,24,25)/t17-,18-/m0/s1. The second-order valence-corrected chi connectivity index (χ2v) is 8.04. The fraction of sp³-hybridized carbons (Fsp3) is 0.409. The van der Waals surface area contributed by atoms with Gasteiger partial charge < -0.3 is 19.5 Å². The number of hydrogen-bond donors (Lipinski definition) is 1. The third kappa shape index (κ3) is 5.08. The fourth-order valence-electron chi connectivity index (χ4n) is 3.77. The Kier molecular flexibility index (Phi) is 6.58. The topological polar surface area (TPSA) is 90.0 Å². The quantitative estimate of drug-likeness (QED) is 0.539. The van der Waals surface area contributed by atoms with E-state index in [2.05, 4.69) is 10.3 Å².